The Balaban J connectivity index is 0.000000146. The molecule has 1 N–H and O–H groups in total. The number of rotatable bonds is 2. The predicted octanol–water partition coefficient (Wildman–Crippen LogP) is 2.25. The van der Waals surface area contributed by atoms with E-state index < -0.39 is 0 Å². The molecule has 2 rings (SSSR count). The standard InChI is InChI=1S/C7H15N.C5H11N/c1-2-5-8-6-3-4-7-8;1-5-3-2-4-6-5/h2-7H2,1H3;5-6H,2-4H2,1H3/t;5-/m.1/s1. The molecule has 0 saturated carbocycles. The molecule has 2 nitrogen and oxygen atoms in total. The first-order valence-corrected chi connectivity index (χ1v) is 6.28. The third-order valence-corrected chi connectivity index (χ3v) is 3.05. The zero-order valence-electron chi connectivity index (χ0n) is 9.89. The van der Waals surface area contributed by atoms with Crippen molar-refractivity contribution in [2.24, 2.45) is 0 Å². The van der Waals surface area contributed by atoms with Crippen molar-refractivity contribution in [1.82, 2.24) is 10.2 Å². The number of nitrogens with one attached hydrogen (secondary N) is 1. The minimum Gasteiger partial charge on any atom is -0.314 e. The van der Waals surface area contributed by atoms with Crippen molar-refractivity contribution in [3.63, 3.8) is 0 Å². The molecule has 0 aromatic heterocycles. The van der Waals surface area contributed by atoms with Gasteiger partial charge in [-0.25, -0.2) is 0 Å². The van der Waals surface area contributed by atoms with Gasteiger partial charge in [0.1, 0.15) is 0 Å². The molecular weight excluding hydrogens is 172 g/mol. The highest BCUT2D eigenvalue weighted by Gasteiger charge is 2.08. The van der Waals surface area contributed by atoms with Gasteiger partial charge in [-0.05, 0) is 65.2 Å². The molecule has 0 spiro atoms. The van der Waals surface area contributed by atoms with Gasteiger partial charge < -0.3 is 10.2 Å². The van der Waals surface area contributed by atoms with Gasteiger partial charge in [0.15, 0.2) is 0 Å². The van der Waals surface area contributed by atoms with Gasteiger partial charge in [0.05, 0.1) is 0 Å². The summed E-state index contributed by atoms with van der Waals surface area (Å²) in [5.41, 5.74) is 0. The minimum atomic E-state index is 0.796. The maximum absolute atomic E-state index is 3.32. The third kappa shape index (κ3) is 4.97. The van der Waals surface area contributed by atoms with Crippen LogP contribution in [0.1, 0.15) is 46.0 Å². The van der Waals surface area contributed by atoms with E-state index in [4.69, 9.17) is 0 Å². The SMILES string of the molecule is CCCN1CCCC1.C[C@@H]1CCCN1. The van der Waals surface area contributed by atoms with Crippen LogP contribution in [0.25, 0.3) is 0 Å². The lowest BCUT2D eigenvalue weighted by atomic mass is 10.3. The maximum Gasteiger partial charge on any atom is 0.00391 e. The molecular formula is C12H26N2. The second-order valence-electron chi connectivity index (χ2n) is 4.55. The normalized spacial score (nSPS) is 27.4. The predicted molar refractivity (Wildman–Crippen MR) is 62.7 cm³/mol. The van der Waals surface area contributed by atoms with Gasteiger partial charge in [0.25, 0.3) is 0 Å². The van der Waals surface area contributed by atoms with Crippen molar-refractivity contribution in [3.05, 3.63) is 0 Å². The second-order valence-corrected chi connectivity index (χ2v) is 4.55. The highest BCUT2D eigenvalue weighted by molar-refractivity contribution is 4.67. The molecule has 2 heterocycles. The number of likely N-dealkylation sites (tertiary alicyclic amines) is 1. The zero-order chi connectivity index (χ0) is 10.2. The van der Waals surface area contributed by atoms with Gasteiger partial charge in [0.2, 0.25) is 0 Å². The molecule has 2 heteroatoms. The van der Waals surface area contributed by atoms with Crippen LogP contribution in [0.3, 0.4) is 0 Å². The van der Waals surface area contributed by atoms with Crippen molar-refractivity contribution in [3.8, 4) is 0 Å². The lowest BCUT2D eigenvalue weighted by Gasteiger charge is -2.11. The van der Waals surface area contributed by atoms with Crippen molar-refractivity contribution >= 4 is 0 Å². The molecule has 2 aliphatic rings. The zero-order valence-corrected chi connectivity index (χ0v) is 9.89. The van der Waals surface area contributed by atoms with E-state index in [-0.39, 0.29) is 0 Å². The van der Waals surface area contributed by atoms with Crippen molar-refractivity contribution in [2.75, 3.05) is 26.2 Å². The fraction of sp³-hybridized carbons (Fsp3) is 1.00. The summed E-state index contributed by atoms with van der Waals surface area (Å²) in [6.45, 7) is 9.74. The summed E-state index contributed by atoms with van der Waals surface area (Å²) in [6, 6.07) is 0.796. The lowest BCUT2D eigenvalue weighted by Crippen LogP contribution is -2.19. The van der Waals surface area contributed by atoms with Gasteiger partial charge in [0, 0.05) is 6.04 Å². The van der Waals surface area contributed by atoms with E-state index in [9.17, 15) is 0 Å². The van der Waals surface area contributed by atoms with Crippen molar-refractivity contribution < 1.29 is 0 Å². The molecule has 2 aliphatic heterocycles. The average Bonchev–Trinajstić information content (AvgIpc) is 2.79. The Bertz CT molecular complexity index is 124. The Labute approximate surface area is 89.1 Å². The van der Waals surface area contributed by atoms with Crippen LogP contribution in [-0.4, -0.2) is 37.1 Å². The van der Waals surface area contributed by atoms with E-state index in [2.05, 4.69) is 24.1 Å². The van der Waals surface area contributed by atoms with Crippen LogP contribution in [-0.2, 0) is 0 Å². The molecule has 2 saturated heterocycles. The van der Waals surface area contributed by atoms with Crippen LogP contribution in [0.15, 0.2) is 0 Å². The van der Waals surface area contributed by atoms with Gasteiger partial charge in [-0.2, -0.15) is 0 Å². The molecule has 84 valence electrons. The molecule has 0 bridgehead atoms. The molecule has 1 atom stereocenters. The Morgan fingerprint density at radius 3 is 2.29 bits per heavy atom. The number of hydrogen-bond acceptors (Lipinski definition) is 2. The van der Waals surface area contributed by atoms with Crippen LogP contribution in [0, 0.1) is 0 Å². The highest BCUT2D eigenvalue weighted by atomic mass is 15.1. The van der Waals surface area contributed by atoms with Crippen LogP contribution < -0.4 is 5.32 Å². The smallest absolute Gasteiger partial charge is 0.00391 e. The molecule has 0 amide bonds. The Morgan fingerprint density at radius 1 is 1.21 bits per heavy atom. The third-order valence-electron chi connectivity index (χ3n) is 3.05. The Morgan fingerprint density at radius 2 is 1.93 bits per heavy atom. The van der Waals surface area contributed by atoms with Gasteiger partial charge >= 0.3 is 0 Å². The largest absolute Gasteiger partial charge is 0.314 e. The number of hydrogen-bond donors (Lipinski definition) is 1. The van der Waals surface area contributed by atoms with Gasteiger partial charge in [-0.3, -0.25) is 0 Å². The van der Waals surface area contributed by atoms with E-state index >= 15 is 0 Å². The fourth-order valence-electron chi connectivity index (χ4n) is 2.18. The Hall–Kier alpha value is -0.0800. The summed E-state index contributed by atoms with van der Waals surface area (Å²) in [6.07, 6.45) is 6.93. The summed E-state index contributed by atoms with van der Waals surface area (Å²) >= 11 is 0. The van der Waals surface area contributed by atoms with Crippen LogP contribution in [0.4, 0.5) is 0 Å². The Kier molecular flexibility index (Phi) is 6.20. The molecule has 0 aliphatic carbocycles. The van der Waals surface area contributed by atoms with Crippen LogP contribution >= 0.6 is 0 Å². The first-order valence-electron chi connectivity index (χ1n) is 6.28. The van der Waals surface area contributed by atoms with Crippen LogP contribution in [0.2, 0.25) is 0 Å². The molecule has 2 fully saturated rings. The highest BCUT2D eigenvalue weighted by Crippen LogP contribution is 2.06. The van der Waals surface area contributed by atoms with Crippen molar-refractivity contribution in [1.29, 1.82) is 0 Å². The van der Waals surface area contributed by atoms with E-state index in [1.54, 1.807) is 0 Å². The summed E-state index contributed by atoms with van der Waals surface area (Å²) in [7, 11) is 0. The monoisotopic (exact) mass is 198 g/mol. The number of nitrogens with zero attached hydrogens (tertiary/aromatic N) is 1. The van der Waals surface area contributed by atoms with Crippen molar-refractivity contribution in [2.45, 2.75) is 52.0 Å². The molecule has 0 unspecified atom stereocenters. The summed E-state index contributed by atoms with van der Waals surface area (Å²) in [5.74, 6) is 0. The first-order chi connectivity index (χ1) is 6.83. The summed E-state index contributed by atoms with van der Waals surface area (Å²) in [4.78, 5) is 2.54. The van der Waals surface area contributed by atoms with Crippen LogP contribution in [0.5, 0.6) is 0 Å². The van der Waals surface area contributed by atoms with E-state index in [1.165, 1.54) is 58.3 Å². The first kappa shape index (κ1) is 12.0. The minimum absolute atomic E-state index is 0.796. The fourth-order valence-corrected chi connectivity index (χ4v) is 2.18. The van der Waals surface area contributed by atoms with Gasteiger partial charge in [-0.1, -0.05) is 6.92 Å². The molecule has 0 aromatic rings. The quantitative estimate of drug-likeness (QED) is 0.732. The van der Waals surface area contributed by atoms with E-state index in [0.717, 1.165) is 6.04 Å². The average molecular weight is 198 g/mol. The van der Waals surface area contributed by atoms with E-state index in [0.29, 0.717) is 0 Å². The molecule has 0 aromatic carbocycles. The summed E-state index contributed by atoms with van der Waals surface area (Å²) < 4.78 is 0. The maximum atomic E-state index is 3.32. The van der Waals surface area contributed by atoms with Gasteiger partial charge in [-0.15, -0.1) is 0 Å². The summed E-state index contributed by atoms with van der Waals surface area (Å²) in [5, 5.41) is 3.32. The molecule has 14 heavy (non-hydrogen) atoms. The second kappa shape index (κ2) is 7.24. The lowest BCUT2D eigenvalue weighted by molar-refractivity contribution is 0.339. The topological polar surface area (TPSA) is 15.3 Å². The molecule has 0 radical (unpaired) electrons. The van der Waals surface area contributed by atoms with E-state index in [1.807, 2.05) is 0 Å².